The molecule has 8 heteroatoms. The van der Waals surface area contributed by atoms with Crippen LogP contribution in [-0.2, 0) is 16.4 Å². The SMILES string of the molecule is CCS(=O)(=O)Nc1n[nH]c2c1CCN(c1ccccc1)C2=O. The number of benzene rings is 1. The smallest absolute Gasteiger partial charge is 0.276 e. The first-order chi connectivity index (χ1) is 10.5. The predicted molar refractivity (Wildman–Crippen MR) is 83.5 cm³/mol. The third-order valence-electron chi connectivity index (χ3n) is 3.61. The summed E-state index contributed by atoms with van der Waals surface area (Å²) in [7, 11) is -3.42. The minimum Gasteiger partial charge on any atom is -0.307 e. The second kappa shape index (κ2) is 5.45. The van der Waals surface area contributed by atoms with Gasteiger partial charge in [0, 0.05) is 17.8 Å². The Kier molecular flexibility index (Phi) is 3.61. The van der Waals surface area contributed by atoms with Gasteiger partial charge in [0.15, 0.2) is 5.82 Å². The summed E-state index contributed by atoms with van der Waals surface area (Å²) in [6.07, 6.45) is 0.536. The summed E-state index contributed by atoms with van der Waals surface area (Å²) in [5, 5.41) is 6.60. The molecule has 1 aliphatic heterocycles. The number of aromatic nitrogens is 2. The lowest BCUT2D eigenvalue weighted by molar-refractivity contribution is 0.0976. The van der Waals surface area contributed by atoms with Crippen LogP contribution in [0.2, 0.25) is 0 Å². The van der Waals surface area contributed by atoms with Crippen molar-refractivity contribution in [3.05, 3.63) is 41.6 Å². The topological polar surface area (TPSA) is 95.2 Å². The zero-order valence-corrected chi connectivity index (χ0v) is 12.9. The number of amides is 1. The molecule has 0 radical (unpaired) electrons. The number of aromatic amines is 1. The van der Waals surface area contributed by atoms with E-state index in [0.29, 0.717) is 24.2 Å². The zero-order valence-electron chi connectivity index (χ0n) is 12.0. The molecule has 2 heterocycles. The van der Waals surface area contributed by atoms with Crippen LogP contribution in [0.3, 0.4) is 0 Å². The number of rotatable bonds is 4. The van der Waals surface area contributed by atoms with Gasteiger partial charge in [0.2, 0.25) is 10.0 Å². The third-order valence-corrected chi connectivity index (χ3v) is 4.88. The van der Waals surface area contributed by atoms with Gasteiger partial charge >= 0.3 is 0 Å². The van der Waals surface area contributed by atoms with Gasteiger partial charge in [0.25, 0.3) is 5.91 Å². The van der Waals surface area contributed by atoms with Crippen molar-refractivity contribution in [2.75, 3.05) is 21.9 Å². The van der Waals surface area contributed by atoms with E-state index in [1.54, 1.807) is 11.8 Å². The number of sulfonamides is 1. The van der Waals surface area contributed by atoms with E-state index in [2.05, 4.69) is 14.9 Å². The van der Waals surface area contributed by atoms with Crippen LogP contribution in [0.25, 0.3) is 0 Å². The summed E-state index contributed by atoms with van der Waals surface area (Å²) in [6, 6.07) is 9.34. The van der Waals surface area contributed by atoms with Crippen LogP contribution < -0.4 is 9.62 Å². The summed E-state index contributed by atoms with van der Waals surface area (Å²) in [5.74, 6) is -0.0292. The molecule has 7 nitrogen and oxygen atoms in total. The molecule has 0 spiro atoms. The Bertz CT molecular complexity index is 799. The van der Waals surface area contributed by atoms with E-state index in [4.69, 9.17) is 0 Å². The van der Waals surface area contributed by atoms with Crippen LogP contribution in [0, 0.1) is 0 Å². The highest BCUT2D eigenvalue weighted by atomic mass is 32.2. The number of fused-ring (bicyclic) bond motifs is 1. The Hall–Kier alpha value is -2.35. The zero-order chi connectivity index (χ0) is 15.7. The first-order valence-electron chi connectivity index (χ1n) is 6.96. The van der Waals surface area contributed by atoms with Crippen LogP contribution in [0.1, 0.15) is 23.0 Å². The molecule has 0 bridgehead atoms. The number of anilines is 2. The van der Waals surface area contributed by atoms with Crippen LogP contribution in [0.4, 0.5) is 11.5 Å². The van der Waals surface area contributed by atoms with E-state index in [1.807, 2.05) is 30.3 Å². The van der Waals surface area contributed by atoms with Crippen molar-refractivity contribution >= 4 is 27.4 Å². The van der Waals surface area contributed by atoms with E-state index in [-0.39, 0.29) is 17.5 Å². The Labute approximate surface area is 128 Å². The van der Waals surface area contributed by atoms with E-state index in [1.165, 1.54) is 0 Å². The molecule has 0 saturated carbocycles. The molecule has 0 aliphatic carbocycles. The van der Waals surface area contributed by atoms with E-state index in [0.717, 1.165) is 5.69 Å². The molecule has 0 saturated heterocycles. The summed E-state index contributed by atoms with van der Waals surface area (Å²) in [6.45, 7) is 2.03. The number of nitrogens with one attached hydrogen (secondary N) is 2. The van der Waals surface area contributed by atoms with Crippen LogP contribution in [-0.4, -0.2) is 36.8 Å². The summed E-state index contributed by atoms with van der Waals surface area (Å²) < 4.78 is 25.7. The highest BCUT2D eigenvalue weighted by Gasteiger charge is 2.30. The van der Waals surface area contributed by atoms with Crippen LogP contribution in [0.5, 0.6) is 0 Å². The molecule has 1 aromatic heterocycles. The molecule has 1 aromatic carbocycles. The molecule has 1 amide bonds. The lowest BCUT2D eigenvalue weighted by Crippen LogP contribution is -2.37. The van der Waals surface area contributed by atoms with Gasteiger partial charge in [-0.3, -0.25) is 14.6 Å². The fraction of sp³-hybridized carbons (Fsp3) is 0.286. The molecule has 0 atom stereocenters. The van der Waals surface area contributed by atoms with Gasteiger partial charge < -0.3 is 4.90 Å². The minimum absolute atomic E-state index is 0.0429. The van der Waals surface area contributed by atoms with Gasteiger partial charge in [-0.05, 0) is 25.5 Å². The Morgan fingerprint density at radius 1 is 1.32 bits per heavy atom. The molecule has 116 valence electrons. The molecule has 0 unspecified atom stereocenters. The monoisotopic (exact) mass is 320 g/mol. The molecular weight excluding hydrogens is 304 g/mol. The number of carbonyl (C=O) groups excluding carboxylic acids is 1. The standard InChI is InChI=1S/C14H16N4O3S/c1-2-22(20,21)17-13-11-8-9-18(10-6-4-3-5-7-10)14(19)12(11)15-16-13/h3-7H,2,8-9H2,1H3,(H2,15,16,17). The van der Waals surface area contributed by atoms with E-state index < -0.39 is 10.0 Å². The highest BCUT2D eigenvalue weighted by molar-refractivity contribution is 7.92. The number of H-pyrrole nitrogens is 1. The van der Waals surface area contributed by atoms with Crippen molar-refractivity contribution in [3.63, 3.8) is 0 Å². The Morgan fingerprint density at radius 2 is 2.05 bits per heavy atom. The maximum atomic E-state index is 12.5. The molecule has 2 aromatic rings. The number of hydrogen-bond donors (Lipinski definition) is 2. The van der Waals surface area contributed by atoms with Gasteiger partial charge in [-0.25, -0.2) is 8.42 Å². The van der Waals surface area contributed by atoms with Crippen LogP contribution >= 0.6 is 0 Å². The highest BCUT2D eigenvalue weighted by Crippen LogP contribution is 2.27. The average molecular weight is 320 g/mol. The molecule has 0 fully saturated rings. The number of para-hydroxylation sites is 1. The molecular formula is C14H16N4O3S. The fourth-order valence-electron chi connectivity index (χ4n) is 2.40. The van der Waals surface area contributed by atoms with Gasteiger partial charge in [-0.2, -0.15) is 5.10 Å². The molecule has 22 heavy (non-hydrogen) atoms. The Morgan fingerprint density at radius 3 is 2.73 bits per heavy atom. The summed E-state index contributed by atoms with van der Waals surface area (Å²) in [4.78, 5) is 14.2. The number of carbonyl (C=O) groups is 1. The second-order valence-corrected chi connectivity index (χ2v) is 6.98. The summed E-state index contributed by atoms with van der Waals surface area (Å²) >= 11 is 0. The van der Waals surface area contributed by atoms with Gasteiger partial charge in [-0.15, -0.1) is 0 Å². The normalized spacial score (nSPS) is 14.8. The largest absolute Gasteiger partial charge is 0.307 e. The van der Waals surface area contributed by atoms with Crippen molar-refractivity contribution in [3.8, 4) is 0 Å². The lowest BCUT2D eigenvalue weighted by Gasteiger charge is -2.26. The maximum absolute atomic E-state index is 12.5. The first-order valence-corrected chi connectivity index (χ1v) is 8.61. The van der Waals surface area contributed by atoms with Crippen molar-refractivity contribution in [1.82, 2.24) is 10.2 Å². The van der Waals surface area contributed by atoms with E-state index >= 15 is 0 Å². The van der Waals surface area contributed by atoms with Crippen molar-refractivity contribution in [2.24, 2.45) is 0 Å². The number of nitrogens with zero attached hydrogens (tertiary/aromatic N) is 2. The van der Waals surface area contributed by atoms with Gasteiger partial charge in [0.1, 0.15) is 5.69 Å². The molecule has 3 rings (SSSR count). The van der Waals surface area contributed by atoms with Crippen LogP contribution in [0.15, 0.2) is 30.3 Å². The molecule has 1 aliphatic rings. The minimum atomic E-state index is -3.42. The number of hydrogen-bond acceptors (Lipinski definition) is 4. The van der Waals surface area contributed by atoms with Gasteiger partial charge in [-0.1, -0.05) is 18.2 Å². The first kappa shape index (κ1) is 14.6. The fourth-order valence-corrected chi connectivity index (χ4v) is 3.01. The van der Waals surface area contributed by atoms with Crippen molar-refractivity contribution in [2.45, 2.75) is 13.3 Å². The van der Waals surface area contributed by atoms with Gasteiger partial charge in [0.05, 0.1) is 5.75 Å². The van der Waals surface area contributed by atoms with Crippen molar-refractivity contribution < 1.29 is 13.2 Å². The quantitative estimate of drug-likeness (QED) is 0.889. The third kappa shape index (κ3) is 2.57. The predicted octanol–water partition coefficient (Wildman–Crippen LogP) is 1.37. The summed E-state index contributed by atoms with van der Waals surface area (Å²) in [5.41, 5.74) is 1.77. The Balaban J connectivity index is 1.91. The molecule has 2 N–H and O–H groups in total. The maximum Gasteiger partial charge on any atom is 0.276 e. The lowest BCUT2D eigenvalue weighted by atomic mass is 10.1. The van der Waals surface area contributed by atoms with Crippen molar-refractivity contribution in [1.29, 1.82) is 0 Å². The second-order valence-electron chi connectivity index (χ2n) is 4.97. The average Bonchev–Trinajstić information content (AvgIpc) is 2.92. The van der Waals surface area contributed by atoms with E-state index in [9.17, 15) is 13.2 Å².